The molecular weight excluding hydrogens is 1000 g/mol. The molecule has 0 bridgehead atoms. The molecule has 3 aliphatic carbocycles. The van der Waals surface area contributed by atoms with E-state index in [1.165, 1.54) is 12.1 Å². The molecule has 0 radical (unpaired) electrons. The van der Waals surface area contributed by atoms with E-state index in [2.05, 4.69) is 18.5 Å². The number of carbonyl (C=O) groups is 8. The van der Waals surface area contributed by atoms with Crippen LogP contribution in [0, 0.1) is 58.2 Å². The van der Waals surface area contributed by atoms with Gasteiger partial charge in [0.25, 0.3) is 0 Å². The van der Waals surface area contributed by atoms with Gasteiger partial charge in [-0.2, -0.15) is 10.5 Å². The number of rotatable bonds is 24. The molecule has 0 amide bonds. The lowest BCUT2D eigenvalue weighted by molar-refractivity contribution is -0.152. The Labute approximate surface area is 445 Å². The van der Waals surface area contributed by atoms with Crippen LogP contribution in [0.2, 0.25) is 0 Å². The number of ether oxygens (including phenoxy) is 8. The summed E-state index contributed by atoms with van der Waals surface area (Å²) in [6, 6.07) is 13.6. The van der Waals surface area contributed by atoms with Gasteiger partial charge in [-0.15, -0.1) is 0 Å². The normalized spacial score (nSPS) is 20.5. The van der Waals surface area contributed by atoms with Crippen molar-refractivity contribution in [2.45, 2.75) is 114 Å². The monoisotopic (exact) mass is 1070 g/mol. The minimum atomic E-state index is -0.636. The largest absolute Gasteiger partial charge is 0.465 e. The van der Waals surface area contributed by atoms with Gasteiger partial charge in [-0.1, -0.05) is 37.1 Å². The van der Waals surface area contributed by atoms with Crippen LogP contribution in [0.3, 0.4) is 0 Å². The highest BCUT2D eigenvalue weighted by Gasteiger charge is 2.38. The van der Waals surface area contributed by atoms with Crippen molar-refractivity contribution in [1.29, 1.82) is 10.5 Å². The third-order valence-electron chi connectivity index (χ3n) is 13.9. The summed E-state index contributed by atoms with van der Waals surface area (Å²) >= 11 is 1.03. The summed E-state index contributed by atoms with van der Waals surface area (Å²) in [6.07, 6.45) is 11.2. The number of allylic oxidation sites excluding steroid dienone is 1. The Bertz CT molecular complexity index is 2560. The molecule has 1 aliphatic heterocycles. The third kappa shape index (κ3) is 17.3. The Hall–Kier alpha value is -7.45. The van der Waals surface area contributed by atoms with Crippen LogP contribution in [0.15, 0.2) is 77.2 Å². The van der Waals surface area contributed by atoms with E-state index in [0.29, 0.717) is 86.0 Å². The van der Waals surface area contributed by atoms with E-state index in [9.17, 15) is 48.9 Å². The molecular formula is C56H63N3O16S. The highest BCUT2D eigenvalue weighted by Crippen LogP contribution is 2.52. The number of nitriles is 2. The Morgan fingerprint density at radius 3 is 1.53 bits per heavy atom. The van der Waals surface area contributed by atoms with E-state index in [0.717, 1.165) is 68.0 Å². The van der Waals surface area contributed by atoms with Crippen LogP contribution in [0.1, 0.15) is 108 Å². The predicted octanol–water partition coefficient (Wildman–Crippen LogP) is 8.49. The molecule has 0 spiro atoms. The number of hydrogen-bond acceptors (Lipinski definition) is 20. The maximum Gasteiger partial charge on any atom is 0.330 e. The molecule has 19 nitrogen and oxygen atoms in total. The van der Waals surface area contributed by atoms with Gasteiger partial charge in [0.15, 0.2) is 11.3 Å². The van der Waals surface area contributed by atoms with Crippen molar-refractivity contribution in [3.05, 3.63) is 77.9 Å². The van der Waals surface area contributed by atoms with Crippen molar-refractivity contribution in [2.75, 3.05) is 38.4 Å². The molecule has 0 aromatic heterocycles. The number of fused-ring (bicyclic) bond motifs is 1. The van der Waals surface area contributed by atoms with Crippen molar-refractivity contribution in [2.24, 2.45) is 35.5 Å². The van der Waals surface area contributed by atoms with Gasteiger partial charge in [0, 0.05) is 18.6 Å². The summed E-state index contributed by atoms with van der Waals surface area (Å²) in [5.41, 5.74) is 0.928. The van der Waals surface area contributed by atoms with E-state index >= 15 is 0 Å². The van der Waals surface area contributed by atoms with Crippen LogP contribution in [0.25, 0.3) is 0 Å². The summed E-state index contributed by atoms with van der Waals surface area (Å²) in [5, 5.41) is 22.6. The SMILES string of the molecule is C=CC(=O)OCCCCOC(=O)C1CCC(C2CCC(C(=O)Oc3ccc(OC(=O)C4CCC(C(=O)Oc5ccc(CCOC(=O)CCC(=O)OCCOC(=O)C=C)cc5)CC4)c4c3NC(=C(C#N)C#N)S4)CC2)CC1. The molecule has 404 valence electrons. The average molecular weight is 1070 g/mol. The van der Waals surface area contributed by atoms with Gasteiger partial charge in [-0.3, -0.25) is 28.8 Å². The molecule has 0 saturated heterocycles. The van der Waals surface area contributed by atoms with E-state index < -0.39 is 53.6 Å². The summed E-state index contributed by atoms with van der Waals surface area (Å²) in [6.45, 7) is 6.96. The number of thioether (sulfide) groups is 1. The number of unbranched alkanes of at least 4 members (excludes halogenated alkanes) is 1. The first-order valence-electron chi connectivity index (χ1n) is 25.8. The number of benzene rings is 2. The molecule has 0 atom stereocenters. The van der Waals surface area contributed by atoms with Crippen molar-refractivity contribution >= 4 is 65.2 Å². The van der Waals surface area contributed by atoms with Crippen LogP contribution >= 0.6 is 11.8 Å². The number of hydrogen-bond donors (Lipinski definition) is 1. The topological polar surface area (TPSA) is 270 Å². The highest BCUT2D eigenvalue weighted by atomic mass is 32.2. The molecule has 2 aromatic rings. The third-order valence-corrected chi connectivity index (χ3v) is 15.1. The first-order chi connectivity index (χ1) is 36.8. The molecule has 4 aliphatic rings. The first kappa shape index (κ1) is 57.8. The molecule has 0 unspecified atom stereocenters. The number of nitrogens with zero attached hydrogens (tertiary/aromatic N) is 2. The van der Waals surface area contributed by atoms with Crippen molar-refractivity contribution in [3.63, 3.8) is 0 Å². The average Bonchev–Trinajstić information content (AvgIpc) is 3.90. The van der Waals surface area contributed by atoms with E-state index in [4.69, 9.17) is 37.9 Å². The predicted molar refractivity (Wildman–Crippen MR) is 271 cm³/mol. The van der Waals surface area contributed by atoms with Gasteiger partial charge in [0.2, 0.25) is 0 Å². The summed E-state index contributed by atoms with van der Waals surface area (Å²) in [5.74, 6) is -3.70. The fourth-order valence-electron chi connectivity index (χ4n) is 9.65. The number of anilines is 1. The second-order valence-corrected chi connectivity index (χ2v) is 19.9. The van der Waals surface area contributed by atoms with E-state index in [1.54, 1.807) is 24.3 Å². The quantitative estimate of drug-likeness (QED) is 0.0258. The molecule has 1 heterocycles. The second-order valence-electron chi connectivity index (χ2n) is 18.9. The standard InChI is InChI=1S/C56H63N3O16S/c1-3-46(60)68-28-5-6-29-72-53(64)38-13-9-36(10-14-38)37-11-15-40(16-12-37)55(66)74-44-23-24-45(51-50(44)59-52(76-51)42(33-57)34-58)75-56(67)41-19-17-39(18-20-41)54(65)73-43-21-7-35(8-22-43)27-30-69-48(62)25-26-49(63)71-32-31-70-47(61)4-2/h3-4,7-8,21-24,36-41,59H,1-2,5-6,9-20,25-32H2. The molecule has 3 fully saturated rings. The number of nitrogens with one attached hydrogen (secondary N) is 1. The number of carbonyl (C=O) groups excluding carboxylic acids is 8. The van der Waals surface area contributed by atoms with Crippen LogP contribution in [0.5, 0.6) is 17.2 Å². The second kappa shape index (κ2) is 29.6. The Kier molecular flexibility index (Phi) is 22.5. The minimum Gasteiger partial charge on any atom is -0.465 e. The van der Waals surface area contributed by atoms with Crippen molar-refractivity contribution in [3.8, 4) is 29.4 Å². The summed E-state index contributed by atoms with van der Waals surface area (Å²) in [7, 11) is 0. The Balaban J connectivity index is 0.912. The molecule has 1 N–H and O–H groups in total. The zero-order valence-electron chi connectivity index (χ0n) is 42.4. The molecule has 20 heteroatoms. The smallest absolute Gasteiger partial charge is 0.330 e. The first-order valence-corrected chi connectivity index (χ1v) is 26.6. The zero-order chi connectivity index (χ0) is 54.4. The van der Waals surface area contributed by atoms with Gasteiger partial charge >= 0.3 is 47.8 Å². The molecule has 76 heavy (non-hydrogen) atoms. The Morgan fingerprint density at radius 2 is 0.987 bits per heavy atom. The summed E-state index contributed by atoms with van der Waals surface area (Å²) < 4.78 is 42.9. The van der Waals surface area contributed by atoms with Gasteiger partial charge < -0.3 is 43.2 Å². The Morgan fingerprint density at radius 1 is 0.539 bits per heavy atom. The van der Waals surface area contributed by atoms with E-state index in [-0.39, 0.29) is 85.8 Å². The van der Waals surface area contributed by atoms with Crippen LogP contribution in [-0.4, -0.2) is 80.8 Å². The van der Waals surface area contributed by atoms with Crippen LogP contribution < -0.4 is 19.5 Å². The van der Waals surface area contributed by atoms with Crippen molar-refractivity contribution in [1.82, 2.24) is 0 Å². The van der Waals surface area contributed by atoms with Crippen LogP contribution in [-0.2, 0) is 68.5 Å². The molecule has 6 rings (SSSR count). The lowest BCUT2D eigenvalue weighted by Gasteiger charge is -2.36. The zero-order valence-corrected chi connectivity index (χ0v) is 43.2. The fourth-order valence-corrected chi connectivity index (χ4v) is 10.7. The molecule has 2 aromatic carbocycles. The van der Waals surface area contributed by atoms with Gasteiger partial charge in [0.05, 0.1) is 61.2 Å². The lowest BCUT2D eigenvalue weighted by atomic mass is 9.69. The minimum absolute atomic E-state index is 0.0653. The van der Waals surface area contributed by atoms with Crippen molar-refractivity contribution < 1.29 is 76.3 Å². The van der Waals surface area contributed by atoms with Gasteiger partial charge in [-0.25, -0.2) is 9.59 Å². The maximum absolute atomic E-state index is 13.7. The summed E-state index contributed by atoms with van der Waals surface area (Å²) in [4.78, 5) is 99.6. The van der Waals surface area contributed by atoms with E-state index in [1.807, 2.05) is 12.1 Å². The molecule has 3 saturated carbocycles. The maximum atomic E-state index is 13.7. The van der Waals surface area contributed by atoms with Crippen LogP contribution in [0.4, 0.5) is 5.69 Å². The fraction of sp³-hybridized carbons (Fsp3) is 0.500. The van der Waals surface area contributed by atoms with Gasteiger partial charge in [0.1, 0.15) is 47.6 Å². The lowest BCUT2D eigenvalue weighted by Crippen LogP contribution is -2.31. The number of esters is 8. The van der Waals surface area contributed by atoms with Gasteiger partial charge in [-0.05, 0) is 132 Å². The highest BCUT2D eigenvalue weighted by molar-refractivity contribution is 8.03.